The van der Waals surface area contributed by atoms with Gasteiger partial charge in [0.2, 0.25) is 0 Å². The minimum atomic E-state index is -3.76. The van der Waals surface area contributed by atoms with Gasteiger partial charge in [0.25, 0.3) is 10.1 Å². The third-order valence-corrected chi connectivity index (χ3v) is 9.99. The molecule has 0 saturated heterocycles. The molecule has 0 atom stereocenters. The maximum atomic E-state index is 12.4. The maximum Gasteiger partial charge on any atom is 0.296 e. The van der Waals surface area contributed by atoms with E-state index in [9.17, 15) is 8.42 Å². The van der Waals surface area contributed by atoms with Gasteiger partial charge in [0.15, 0.2) is 0 Å². The van der Waals surface area contributed by atoms with Crippen molar-refractivity contribution < 1.29 is 12.6 Å². The normalized spacial score (nSPS) is 13.0. The quantitative estimate of drug-likeness (QED) is 0.395. The molecule has 26 heavy (non-hydrogen) atoms. The number of hydrogen-bond acceptors (Lipinski definition) is 3. The lowest BCUT2D eigenvalue weighted by Crippen LogP contribution is -2.45. The molecule has 0 aliphatic heterocycles. The molecule has 0 fully saturated rings. The zero-order chi connectivity index (χ0) is 19.6. The summed E-state index contributed by atoms with van der Waals surface area (Å²) in [6.45, 7) is 8.77. The Kier molecular flexibility index (Phi) is 6.78. The van der Waals surface area contributed by atoms with E-state index < -0.39 is 18.2 Å². The van der Waals surface area contributed by atoms with E-state index in [1.807, 2.05) is 32.0 Å². The fraction of sp³-hybridized carbons (Fsp3) is 0.368. The highest BCUT2D eigenvalue weighted by molar-refractivity contribution is 9.10. The SMILES string of the molecule is CC(C)(COS(=O)(=O)c1ccc(Br)cc1)C[Si](C)(C)c1cccc(Cl)c1. The first-order valence-corrected chi connectivity index (χ1v) is 14.1. The van der Waals surface area contributed by atoms with E-state index in [-0.39, 0.29) is 16.9 Å². The molecule has 0 aromatic heterocycles. The van der Waals surface area contributed by atoms with Gasteiger partial charge in [-0.15, -0.1) is 0 Å². The lowest BCUT2D eigenvalue weighted by atomic mass is 9.98. The van der Waals surface area contributed by atoms with Crippen LogP contribution in [0.4, 0.5) is 0 Å². The van der Waals surface area contributed by atoms with Gasteiger partial charge in [0, 0.05) is 9.50 Å². The van der Waals surface area contributed by atoms with Crippen LogP contribution in [0.25, 0.3) is 0 Å². The van der Waals surface area contributed by atoms with Crippen LogP contribution in [0.15, 0.2) is 57.9 Å². The molecule has 0 heterocycles. The summed E-state index contributed by atoms with van der Waals surface area (Å²) in [4.78, 5) is 0.169. The molecule has 0 bridgehead atoms. The molecule has 0 saturated carbocycles. The molecule has 2 aromatic carbocycles. The molecule has 2 rings (SSSR count). The monoisotopic (exact) mass is 474 g/mol. The van der Waals surface area contributed by atoms with E-state index in [1.165, 1.54) is 17.3 Å². The van der Waals surface area contributed by atoms with Gasteiger partial charge in [-0.2, -0.15) is 8.42 Å². The molecule has 0 aliphatic carbocycles. The minimum Gasteiger partial charge on any atom is -0.266 e. The zero-order valence-corrected chi connectivity index (χ0v) is 19.6. The van der Waals surface area contributed by atoms with E-state index in [2.05, 4.69) is 35.1 Å². The van der Waals surface area contributed by atoms with E-state index >= 15 is 0 Å². The highest BCUT2D eigenvalue weighted by atomic mass is 79.9. The van der Waals surface area contributed by atoms with Crippen molar-refractivity contribution in [2.24, 2.45) is 5.41 Å². The minimum absolute atomic E-state index is 0.141. The molecule has 3 nitrogen and oxygen atoms in total. The number of hydrogen-bond donors (Lipinski definition) is 0. The van der Waals surface area contributed by atoms with E-state index in [0.29, 0.717) is 0 Å². The summed E-state index contributed by atoms with van der Waals surface area (Å²) in [7, 11) is -5.56. The van der Waals surface area contributed by atoms with Crippen molar-refractivity contribution in [3.05, 3.63) is 58.0 Å². The third-order valence-electron chi connectivity index (χ3n) is 4.23. The number of benzene rings is 2. The molecule has 0 unspecified atom stereocenters. The molecular weight excluding hydrogens is 452 g/mol. The molecule has 142 valence electrons. The largest absolute Gasteiger partial charge is 0.296 e. The van der Waals surface area contributed by atoms with Gasteiger partial charge in [-0.25, -0.2) is 0 Å². The lowest BCUT2D eigenvalue weighted by molar-refractivity contribution is 0.202. The summed E-state index contributed by atoms with van der Waals surface area (Å²) >= 11 is 9.44. The Hall–Kier alpha value is -0.663. The fourth-order valence-corrected chi connectivity index (χ4v) is 8.58. The standard InChI is InChI=1S/C19H24BrClO3SSi/c1-19(2,14-26(3,4)18-7-5-6-16(21)12-18)13-24-25(22,23)17-10-8-15(20)9-11-17/h5-12H,13-14H2,1-4H3. The summed E-state index contributed by atoms with van der Waals surface area (Å²) < 4.78 is 31.1. The van der Waals surface area contributed by atoms with Crippen LogP contribution >= 0.6 is 27.5 Å². The third kappa shape index (κ3) is 5.92. The summed E-state index contributed by atoms with van der Waals surface area (Å²) in [5.41, 5.74) is -0.277. The van der Waals surface area contributed by atoms with Gasteiger partial charge >= 0.3 is 0 Å². The van der Waals surface area contributed by atoms with Crippen molar-refractivity contribution in [3.8, 4) is 0 Å². The van der Waals surface area contributed by atoms with Crippen molar-refractivity contribution in [1.29, 1.82) is 0 Å². The Bertz CT molecular complexity index is 865. The Morgan fingerprint density at radius 3 is 2.31 bits per heavy atom. The average molecular weight is 476 g/mol. The van der Waals surface area contributed by atoms with Gasteiger partial charge in [-0.3, -0.25) is 4.18 Å². The Balaban J connectivity index is 2.09. The average Bonchev–Trinajstić information content (AvgIpc) is 2.53. The van der Waals surface area contributed by atoms with Crippen LogP contribution < -0.4 is 5.19 Å². The first-order valence-electron chi connectivity index (χ1n) is 8.32. The molecular formula is C19H24BrClO3SSi. The highest BCUT2D eigenvalue weighted by Crippen LogP contribution is 2.30. The molecule has 0 amide bonds. The predicted molar refractivity (Wildman–Crippen MR) is 114 cm³/mol. The summed E-state index contributed by atoms with van der Waals surface area (Å²) in [6.07, 6.45) is 0. The topological polar surface area (TPSA) is 43.4 Å². The molecule has 0 aliphatic rings. The van der Waals surface area contributed by atoms with Gasteiger partial charge in [-0.05, 0) is 47.9 Å². The molecule has 0 N–H and O–H groups in total. The van der Waals surface area contributed by atoms with Gasteiger partial charge in [-0.1, -0.05) is 71.8 Å². The van der Waals surface area contributed by atoms with Crippen LogP contribution in [0.2, 0.25) is 24.2 Å². The lowest BCUT2D eigenvalue weighted by Gasteiger charge is -2.33. The molecule has 2 aromatic rings. The fourth-order valence-electron chi connectivity index (χ4n) is 3.17. The second-order valence-electron chi connectivity index (χ2n) is 7.91. The van der Waals surface area contributed by atoms with Crippen molar-refractivity contribution in [3.63, 3.8) is 0 Å². The van der Waals surface area contributed by atoms with Crippen LogP contribution in [0.5, 0.6) is 0 Å². The van der Waals surface area contributed by atoms with Crippen LogP contribution in [0.3, 0.4) is 0 Å². The zero-order valence-electron chi connectivity index (χ0n) is 15.4. The van der Waals surface area contributed by atoms with Crippen LogP contribution in [0, 0.1) is 5.41 Å². The Morgan fingerprint density at radius 2 is 1.73 bits per heavy atom. The summed E-state index contributed by atoms with van der Waals surface area (Å²) in [6, 6.07) is 15.3. The molecule has 7 heteroatoms. The maximum absolute atomic E-state index is 12.4. The van der Waals surface area contributed by atoms with Crippen LogP contribution in [-0.4, -0.2) is 23.1 Å². The second-order valence-corrected chi connectivity index (χ2v) is 15.6. The van der Waals surface area contributed by atoms with Crippen molar-refractivity contribution >= 4 is 50.9 Å². The van der Waals surface area contributed by atoms with E-state index in [0.717, 1.165) is 15.5 Å². The number of rotatable bonds is 7. The van der Waals surface area contributed by atoms with Crippen LogP contribution in [0.1, 0.15) is 13.8 Å². The smallest absolute Gasteiger partial charge is 0.266 e. The van der Waals surface area contributed by atoms with Crippen molar-refractivity contribution in [2.45, 2.75) is 37.9 Å². The van der Waals surface area contributed by atoms with Gasteiger partial charge < -0.3 is 0 Å². The first-order chi connectivity index (χ1) is 11.9. The second kappa shape index (κ2) is 8.15. The predicted octanol–water partition coefficient (Wildman–Crippen LogP) is 5.45. The van der Waals surface area contributed by atoms with Gasteiger partial charge in [0.1, 0.15) is 0 Å². The van der Waals surface area contributed by atoms with Crippen molar-refractivity contribution in [2.75, 3.05) is 6.61 Å². The Labute approximate surface area is 171 Å². The number of halogens is 2. The van der Waals surface area contributed by atoms with Crippen molar-refractivity contribution in [1.82, 2.24) is 0 Å². The summed E-state index contributed by atoms with van der Waals surface area (Å²) in [5, 5.41) is 1.99. The van der Waals surface area contributed by atoms with Crippen LogP contribution in [-0.2, 0) is 14.3 Å². The van der Waals surface area contributed by atoms with E-state index in [4.69, 9.17) is 15.8 Å². The van der Waals surface area contributed by atoms with Gasteiger partial charge in [0.05, 0.1) is 19.6 Å². The molecule has 0 spiro atoms. The van der Waals surface area contributed by atoms with E-state index in [1.54, 1.807) is 12.1 Å². The highest BCUT2D eigenvalue weighted by Gasteiger charge is 2.33. The first kappa shape index (κ1) is 21.6. The molecule has 0 radical (unpaired) electrons. The Morgan fingerprint density at radius 1 is 1.12 bits per heavy atom. The summed E-state index contributed by atoms with van der Waals surface area (Å²) in [5.74, 6) is 0.